The van der Waals surface area contributed by atoms with Crippen molar-refractivity contribution in [3.63, 3.8) is 0 Å². The van der Waals surface area contributed by atoms with Gasteiger partial charge in [0.25, 0.3) is 5.91 Å². The fourth-order valence-electron chi connectivity index (χ4n) is 1.86. The van der Waals surface area contributed by atoms with Crippen molar-refractivity contribution in [3.05, 3.63) is 57.6 Å². The number of halogens is 5. The maximum Gasteiger partial charge on any atom is 0.418 e. The van der Waals surface area contributed by atoms with Crippen LogP contribution in [0, 0.1) is 0 Å². The van der Waals surface area contributed by atoms with Crippen molar-refractivity contribution < 1.29 is 22.7 Å². The molecule has 1 amide bonds. The van der Waals surface area contributed by atoms with E-state index in [0.29, 0.717) is 5.75 Å². The fourth-order valence-corrected chi connectivity index (χ4v) is 2.29. The molecule has 0 unspecified atom stereocenters. The normalized spacial score (nSPS) is 11.2. The number of hydrogen-bond donors (Lipinski definition) is 1. The maximum atomic E-state index is 13.0. The van der Waals surface area contributed by atoms with Crippen LogP contribution in [0.15, 0.2) is 36.4 Å². The van der Waals surface area contributed by atoms with E-state index in [-0.39, 0.29) is 21.3 Å². The van der Waals surface area contributed by atoms with E-state index in [1.54, 1.807) is 0 Å². The zero-order valence-electron chi connectivity index (χ0n) is 11.7. The summed E-state index contributed by atoms with van der Waals surface area (Å²) >= 11 is 11.5. The summed E-state index contributed by atoms with van der Waals surface area (Å²) in [6, 6.07) is 7.24. The molecule has 0 saturated carbocycles. The van der Waals surface area contributed by atoms with E-state index < -0.39 is 17.6 Å². The topological polar surface area (TPSA) is 38.3 Å². The summed E-state index contributed by atoms with van der Waals surface area (Å²) in [6.07, 6.45) is -4.65. The Morgan fingerprint density at radius 2 is 1.83 bits per heavy atom. The lowest BCUT2D eigenvalue weighted by atomic mass is 10.1. The molecule has 122 valence electrons. The molecule has 2 rings (SSSR count). The van der Waals surface area contributed by atoms with E-state index in [9.17, 15) is 18.0 Å². The minimum atomic E-state index is -4.65. The van der Waals surface area contributed by atoms with Crippen LogP contribution in [-0.4, -0.2) is 13.0 Å². The average molecular weight is 364 g/mol. The molecule has 0 aliphatic heterocycles. The molecule has 0 aromatic heterocycles. The van der Waals surface area contributed by atoms with Gasteiger partial charge >= 0.3 is 6.18 Å². The van der Waals surface area contributed by atoms with Gasteiger partial charge in [-0.05, 0) is 36.4 Å². The summed E-state index contributed by atoms with van der Waals surface area (Å²) in [6.45, 7) is 0. The van der Waals surface area contributed by atoms with E-state index in [0.717, 1.165) is 12.1 Å². The van der Waals surface area contributed by atoms with Crippen LogP contribution in [0.25, 0.3) is 0 Å². The van der Waals surface area contributed by atoms with Gasteiger partial charge in [0.05, 0.1) is 23.4 Å². The second-order valence-corrected chi connectivity index (χ2v) is 5.33. The highest BCUT2D eigenvalue weighted by molar-refractivity contribution is 6.32. The Bertz CT molecular complexity index is 748. The van der Waals surface area contributed by atoms with E-state index >= 15 is 0 Å². The summed E-state index contributed by atoms with van der Waals surface area (Å²) in [5, 5.41) is 2.30. The van der Waals surface area contributed by atoms with Gasteiger partial charge in [-0.25, -0.2) is 0 Å². The van der Waals surface area contributed by atoms with Gasteiger partial charge in [-0.1, -0.05) is 23.2 Å². The lowest BCUT2D eigenvalue weighted by Crippen LogP contribution is -2.16. The number of anilines is 1. The number of ether oxygens (including phenoxy) is 1. The number of benzene rings is 2. The summed E-state index contributed by atoms with van der Waals surface area (Å²) in [5.74, 6) is -0.381. The highest BCUT2D eigenvalue weighted by Crippen LogP contribution is 2.36. The molecule has 0 radical (unpaired) electrons. The van der Waals surface area contributed by atoms with Crippen molar-refractivity contribution in [3.8, 4) is 5.75 Å². The number of alkyl halides is 3. The smallest absolute Gasteiger partial charge is 0.418 e. The molecular weight excluding hydrogens is 354 g/mol. The molecule has 0 saturated heterocycles. The van der Waals surface area contributed by atoms with E-state index in [1.165, 1.54) is 31.4 Å². The Balaban J connectivity index is 2.32. The first kappa shape index (κ1) is 17.4. The number of carbonyl (C=O) groups is 1. The molecule has 3 nitrogen and oxygen atoms in total. The van der Waals surface area contributed by atoms with Gasteiger partial charge in [0.15, 0.2) is 0 Å². The van der Waals surface area contributed by atoms with Gasteiger partial charge in [0.2, 0.25) is 0 Å². The van der Waals surface area contributed by atoms with Crippen LogP contribution >= 0.6 is 23.2 Å². The van der Waals surface area contributed by atoms with E-state index in [1.807, 2.05) is 0 Å². The minimum Gasteiger partial charge on any atom is -0.495 e. The Morgan fingerprint density at radius 1 is 1.13 bits per heavy atom. The molecule has 23 heavy (non-hydrogen) atoms. The lowest BCUT2D eigenvalue weighted by molar-refractivity contribution is -0.136. The third-order valence-corrected chi connectivity index (χ3v) is 3.48. The molecule has 1 N–H and O–H groups in total. The first-order chi connectivity index (χ1) is 10.7. The Morgan fingerprint density at radius 3 is 2.39 bits per heavy atom. The average Bonchev–Trinajstić information content (AvgIpc) is 2.47. The van der Waals surface area contributed by atoms with Crippen LogP contribution in [-0.2, 0) is 6.18 Å². The van der Waals surface area contributed by atoms with Gasteiger partial charge in [-0.3, -0.25) is 4.79 Å². The third-order valence-electron chi connectivity index (χ3n) is 2.95. The van der Waals surface area contributed by atoms with Crippen LogP contribution in [0.4, 0.5) is 18.9 Å². The van der Waals surface area contributed by atoms with Gasteiger partial charge in [0.1, 0.15) is 5.75 Å². The summed E-state index contributed by atoms with van der Waals surface area (Å²) < 4.78 is 43.9. The van der Waals surface area contributed by atoms with Crippen LogP contribution in [0.3, 0.4) is 0 Å². The first-order valence-corrected chi connectivity index (χ1v) is 6.99. The summed E-state index contributed by atoms with van der Waals surface area (Å²) in [7, 11) is 1.41. The number of hydrogen-bond acceptors (Lipinski definition) is 2. The SMILES string of the molecule is COc1ccc(C(=O)Nc2ccc(Cl)cc2C(F)(F)F)cc1Cl. The minimum absolute atomic E-state index is 0.0807. The van der Waals surface area contributed by atoms with Crippen molar-refractivity contribution >= 4 is 34.8 Å². The number of amides is 1. The summed E-state index contributed by atoms with van der Waals surface area (Å²) in [5.41, 5.74) is -1.32. The van der Waals surface area contributed by atoms with Gasteiger partial charge in [-0.2, -0.15) is 13.2 Å². The second-order valence-electron chi connectivity index (χ2n) is 4.49. The zero-order chi connectivity index (χ0) is 17.2. The monoisotopic (exact) mass is 363 g/mol. The van der Waals surface area contributed by atoms with Crippen molar-refractivity contribution in [1.82, 2.24) is 0 Å². The molecule has 2 aromatic carbocycles. The molecule has 0 bridgehead atoms. The van der Waals surface area contributed by atoms with Crippen molar-refractivity contribution in [2.45, 2.75) is 6.18 Å². The number of nitrogens with one attached hydrogen (secondary N) is 1. The standard InChI is InChI=1S/C15H10Cl2F3NO2/c1-23-13-5-2-8(6-11(13)17)14(22)21-12-4-3-9(16)7-10(12)15(18,19)20/h2-7H,1H3,(H,21,22). The van der Waals surface area contributed by atoms with Crippen molar-refractivity contribution in [2.75, 3.05) is 12.4 Å². The molecule has 0 fully saturated rings. The molecule has 0 atom stereocenters. The molecule has 0 heterocycles. The van der Waals surface area contributed by atoms with Crippen molar-refractivity contribution in [1.29, 1.82) is 0 Å². The summed E-state index contributed by atoms with van der Waals surface area (Å²) in [4.78, 5) is 12.1. The molecule has 0 aliphatic carbocycles. The zero-order valence-corrected chi connectivity index (χ0v) is 13.2. The quantitative estimate of drug-likeness (QED) is 0.806. The number of carbonyl (C=O) groups excluding carboxylic acids is 1. The van der Waals surface area contributed by atoms with E-state index in [2.05, 4.69) is 5.32 Å². The van der Waals surface area contributed by atoms with Gasteiger partial charge in [-0.15, -0.1) is 0 Å². The largest absolute Gasteiger partial charge is 0.495 e. The Hall–Kier alpha value is -1.92. The van der Waals surface area contributed by atoms with Crippen LogP contribution < -0.4 is 10.1 Å². The van der Waals surface area contributed by atoms with Crippen molar-refractivity contribution in [2.24, 2.45) is 0 Å². The molecule has 8 heteroatoms. The fraction of sp³-hybridized carbons (Fsp3) is 0.133. The predicted molar refractivity (Wildman–Crippen MR) is 82.4 cm³/mol. The van der Waals surface area contributed by atoms with Gasteiger partial charge in [0, 0.05) is 10.6 Å². The van der Waals surface area contributed by atoms with Crippen LogP contribution in [0.5, 0.6) is 5.75 Å². The van der Waals surface area contributed by atoms with Gasteiger partial charge < -0.3 is 10.1 Å². The molecule has 2 aromatic rings. The molecular formula is C15H10Cl2F3NO2. The third kappa shape index (κ3) is 4.09. The van der Waals surface area contributed by atoms with Crippen LogP contribution in [0.2, 0.25) is 10.0 Å². The maximum absolute atomic E-state index is 13.0. The number of methoxy groups -OCH3 is 1. The predicted octanol–water partition coefficient (Wildman–Crippen LogP) is 5.27. The van der Waals surface area contributed by atoms with Crippen LogP contribution in [0.1, 0.15) is 15.9 Å². The Labute approximate surface area is 140 Å². The highest BCUT2D eigenvalue weighted by atomic mass is 35.5. The second kappa shape index (κ2) is 6.68. The van der Waals surface area contributed by atoms with E-state index in [4.69, 9.17) is 27.9 Å². The lowest BCUT2D eigenvalue weighted by Gasteiger charge is -2.14. The highest BCUT2D eigenvalue weighted by Gasteiger charge is 2.34. The first-order valence-electron chi connectivity index (χ1n) is 6.24. The molecule has 0 aliphatic rings. The Kier molecular flexibility index (Phi) is 5.06. The number of rotatable bonds is 3. The molecule has 0 spiro atoms.